The summed E-state index contributed by atoms with van der Waals surface area (Å²) in [6.45, 7) is 6.68. The van der Waals surface area contributed by atoms with Gasteiger partial charge in [0.05, 0.1) is 0 Å². The average molecular weight is 272 g/mol. The number of aliphatic carboxylic acids is 1. The first-order chi connectivity index (χ1) is 8.75. The van der Waals surface area contributed by atoms with Gasteiger partial charge in [0.1, 0.15) is 6.04 Å². The van der Waals surface area contributed by atoms with E-state index in [0.717, 1.165) is 6.42 Å². The van der Waals surface area contributed by atoms with E-state index in [2.05, 4.69) is 5.32 Å². The van der Waals surface area contributed by atoms with Gasteiger partial charge in [-0.3, -0.25) is 0 Å². The van der Waals surface area contributed by atoms with Crippen molar-refractivity contribution in [3.8, 4) is 0 Å². The van der Waals surface area contributed by atoms with Gasteiger partial charge in [0.25, 0.3) is 0 Å². The van der Waals surface area contributed by atoms with Gasteiger partial charge in [-0.25, -0.2) is 9.59 Å². The Morgan fingerprint density at radius 1 is 1.42 bits per heavy atom. The number of aliphatic hydroxyl groups excluding tert-OH is 1. The van der Waals surface area contributed by atoms with E-state index in [1.54, 1.807) is 25.7 Å². The van der Waals surface area contributed by atoms with Gasteiger partial charge in [0, 0.05) is 19.7 Å². The lowest BCUT2D eigenvalue weighted by atomic mass is 9.87. The van der Waals surface area contributed by atoms with Gasteiger partial charge in [-0.1, -0.05) is 20.8 Å². The molecule has 19 heavy (non-hydrogen) atoms. The van der Waals surface area contributed by atoms with Crippen molar-refractivity contribution in [1.29, 1.82) is 0 Å². The number of nitrogens with zero attached hydrogens (tertiary/aromatic N) is 1. The van der Waals surface area contributed by atoms with Crippen molar-refractivity contribution in [3.05, 3.63) is 0 Å². The first-order valence-electron chi connectivity index (χ1n) is 6.64. The monoisotopic (exact) mass is 272 g/mol. The number of hydrogen-bond acceptors (Lipinski definition) is 3. The maximum absolute atomic E-state index is 12.0. The van der Waals surface area contributed by atoms with Crippen molar-refractivity contribution in [1.82, 2.24) is 10.2 Å². The van der Waals surface area contributed by atoms with E-state index in [9.17, 15) is 14.7 Å². The Morgan fingerprint density at radius 3 is 2.53 bits per heavy atom. The molecule has 1 saturated heterocycles. The lowest BCUT2D eigenvalue weighted by molar-refractivity contribution is -0.142. The molecule has 2 atom stereocenters. The molecular weight excluding hydrogens is 248 g/mol. The standard InChI is InChI=1S/C13H24N2O4/c1-13(2,3)10(11(17)18)14-12(19)15-6-4-9(8-15)5-7-16/h9-10,16H,4-8H2,1-3H3,(H,14,19)(H,17,18)/t9?,10-/m0/s1. The van der Waals surface area contributed by atoms with Gasteiger partial charge in [-0.05, 0) is 24.2 Å². The van der Waals surface area contributed by atoms with Crippen molar-refractivity contribution < 1.29 is 19.8 Å². The van der Waals surface area contributed by atoms with E-state index in [4.69, 9.17) is 5.11 Å². The quantitative estimate of drug-likeness (QED) is 0.709. The van der Waals surface area contributed by atoms with Crippen LogP contribution in [0.1, 0.15) is 33.6 Å². The number of hydrogen-bond donors (Lipinski definition) is 3. The molecule has 0 spiro atoms. The summed E-state index contributed by atoms with van der Waals surface area (Å²) in [7, 11) is 0. The fourth-order valence-corrected chi connectivity index (χ4v) is 2.30. The molecule has 1 aliphatic heterocycles. The second kappa shape index (κ2) is 6.23. The van der Waals surface area contributed by atoms with Crippen molar-refractivity contribution in [2.24, 2.45) is 11.3 Å². The van der Waals surface area contributed by atoms with Crippen LogP contribution in [-0.4, -0.2) is 52.9 Å². The van der Waals surface area contributed by atoms with Crippen LogP contribution in [0.15, 0.2) is 0 Å². The Bertz CT molecular complexity index is 338. The Balaban J connectivity index is 2.57. The van der Waals surface area contributed by atoms with E-state index in [1.165, 1.54) is 0 Å². The Morgan fingerprint density at radius 2 is 2.05 bits per heavy atom. The minimum absolute atomic E-state index is 0.125. The molecule has 0 aromatic rings. The van der Waals surface area contributed by atoms with Crippen LogP contribution in [0.25, 0.3) is 0 Å². The number of likely N-dealkylation sites (tertiary alicyclic amines) is 1. The van der Waals surface area contributed by atoms with Gasteiger partial charge >= 0.3 is 12.0 Å². The van der Waals surface area contributed by atoms with E-state index in [-0.39, 0.29) is 12.6 Å². The Labute approximate surface area is 113 Å². The molecule has 110 valence electrons. The SMILES string of the molecule is CC(C)(C)[C@@H](NC(=O)N1CCC(CCO)C1)C(=O)O. The topological polar surface area (TPSA) is 89.9 Å². The first kappa shape index (κ1) is 15.8. The number of urea groups is 1. The van der Waals surface area contributed by atoms with Gasteiger partial charge in [-0.15, -0.1) is 0 Å². The fourth-order valence-electron chi connectivity index (χ4n) is 2.30. The number of carbonyl (C=O) groups excluding carboxylic acids is 1. The van der Waals surface area contributed by atoms with Gasteiger partial charge in [0.15, 0.2) is 0 Å². The third-order valence-electron chi connectivity index (χ3n) is 3.49. The summed E-state index contributed by atoms with van der Waals surface area (Å²) in [5, 5.41) is 20.6. The average Bonchev–Trinajstić information content (AvgIpc) is 2.72. The number of amides is 2. The number of rotatable bonds is 4. The van der Waals surface area contributed by atoms with Crippen LogP contribution >= 0.6 is 0 Å². The highest BCUT2D eigenvalue weighted by atomic mass is 16.4. The molecule has 6 nitrogen and oxygen atoms in total. The van der Waals surface area contributed by atoms with Gasteiger partial charge in [-0.2, -0.15) is 0 Å². The van der Waals surface area contributed by atoms with Crippen molar-refractivity contribution >= 4 is 12.0 Å². The molecule has 0 aliphatic carbocycles. The van der Waals surface area contributed by atoms with Crippen LogP contribution in [0.2, 0.25) is 0 Å². The zero-order valence-corrected chi connectivity index (χ0v) is 11.8. The zero-order valence-electron chi connectivity index (χ0n) is 11.8. The molecule has 2 amide bonds. The molecule has 1 aliphatic rings. The highest BCUT2D eigenvalue weighted by Gasteiger charge is 2.35. The van der Waals surface area contributed by atoms with Crippen LogP contribution in [0.5, 0.6) is 0 Å². The Hall–Kier alpha value is -1.30. The molecule has 1 fully saturated rings. The number of carboxylic acids is 1. The summed E-state index contributed by atoms with van der Waals surface area (Å²) < 4.78 is 0. The fraction of sp³-hybridized carbons (Fsp3) is 0.846. The minimum atomic E-state index is -1.02. The number of carboxylic acid groups (broad SMARTS) is 1. The molecule has 0 saturated carbocycles. The normalized spacial score (nSPS) is 21.3. The van der Waals surface area contributed by atoms with Crippen LogP contribution in [0, 0.1) is 11.3 Å². The second-order valence-corrected chi connectivity index (χ2v) is 6.20. The minimum Gasteiger partial charge on any atom is -0.480 e. The van der Waals surface area contributed by atoms with E-state index in [1.807, 2.05) is 0 Å². The van der Waals surface area contributed by atoms with E-state index in [0.29, 0.717) is 25.4 Å². The van der Waals surface area contributed by atoms with Crippen molar-refractivity contribution in [3.63, 3.8) is 0 Å². The molecule has 1 rings (SSSR count). The molecule has 0 aromatic carbocycles. The molecule has 6 heteroatoms. The van der Waals surface area contributed by atoms with Crippen molar-refractivity contribution in [2.45, 2.75) is 39.7 Å². The summed E-state index contributed by atoms with van der Waals surface area (Å²) in [5.41, 5.74) is -0.536. The first-order valence-corrected chi connectivity index (χ1v) is 6.64. The lowest BCUT2D eigenvalue weighted by Gasteiger charge is -2.29. The maximum atomic E-state index is 12.0. The molecular formula is C13H24N2O4. The third-order valence-corrected chi connectivity index (χ3v) is 3.49. The predicted octanol–water partition coefficient (Wildman–Crippen LogP) is 0.900. The summed E-state index contributed by atoms with van der Waals surface area (Å²) in [6, 6.07) is -1.24. The van der Waals surface area contributed by atoms with E-state index >= 15 is 0 Å². The highest BCUT2D eigenvalue weighted by Crippen LogP contribution is 2.22. The van der Waals surface area contributed by atoms with Gasteiger partial charge in [0.2, 0.25) is 0 Å². The largest absolute Gasteiger partial charge is 0.480 e. The summed E-state index contributed by atoms with van der Waals surface area (Å²) in [6.07, 6.45) is 1.55. The highest BCUT2D eigenvalue weighted by molar-refractivity contribution is 5.83. The molecule has 3 N–H and O–H groups in total. The lowest BCUT2D eigenvalue weighted by Crippen LogP contribution is -2.52. The van der Waals surface area contributed by atoms with Crippen molar-refractivity contribution in [2.75, 3.05) is 19.7 Å². The molecule has 0 aromatic heterocycles. The van der Waals surface area contributed by atoms with Crippen LogP contribution in [0.4, 0.5) is 4.79 Å². The smallest absolute Gasteiger partial charge is 0.326 e. The number of carbonyl (C=O) groups is 2. The van der Waals surface area contributed by atoms with E-state index < -0.39 is 17.4 Å². The summed E-state index contributed by atoms with van der Waals surface area (Å²) in [4.78, 5) is 24.9. The predicted molar refractivity (Wildman–Crippen MR) is 70.8 cm³/mol. The number of nitrogens with one attached hydrogen (secondary N) is 1. The molecule has 1 unspecified atom stereocenters. The summed E-state index contributed by atoms with van der Waals surface area (Å²) >= 11 is 0. The Kier molecular flexibility index (Phi) is 5.17. The van der Waals surface area contributed by atoms with Crippen LogP contribution in [0.3, 0.4) is 0 Å². The third kappa shape index (κ3) is 4.38. The zero-order chi connectivity index (χ0) is 14.6. The van der Waals surface area contributed by atoms with Gasteiger partial charge < -0.3 is 20.4 Å². The van der Waals surface area contributed by atoms with Crippen LogP contribution < -0.4 is 5.32 Å². The number of aliphatic hydroxyl groups is 1. The molecule has 0 radical (unpaired) electrons. The molecule has 0 bridgehead atoms. The molecule has 1 heterocycles. The second-order valence-electron chi connectivity index (χ2n) is 6.20. The summed E-state index contributed by atoms with van der Waals surface area (Å²) in [5.74, 6) is -0.708. The van der Waals surface area contributed by atoms with Crippen LogP contribution in [-0.2, 0) is 4.79 Å². The maximum Gasteiger partial charge on any atom is 0.326 e.